The number of piperidine rings is 1. The minimum atomic E-state index is -0.567. The van der Waals surface area contributed by atoms with Crippen LogP contribution >= 0.6 is 0 Å². The molecule has 1 atom stereocenters. The molecule has 1 aliphatic rings. The number of aromatic nitrogens is 2. The molecule has 1 aromatic rings. The maximum atomic E-state index is 13.6. The third-order valence-electron chi connectivity index (χ3n) is 3.36. The van der Waals surface area contributed by atoms with Crippen molar-refractivity contribution < 1.29 is 9.18 Å². The molecule has 6 nitrogen and oxygen atoms in total. The molecule has 0 saturated carbocycles. The van der Waals surface area contributed by atoms with Crippen molar-refractivity contribution in [1.29, 1.82) is 0 Å². The third-order valence-corrected chi connectivity index (χ3v) is 3.36. The van der Waals surface area contributed by atoms with Gasteiger partial charge in [-0.3, -0.25) is 4.79 Å². The van der Waals surface area contributed by atoms with Crippen LogP contribution in [0.25, 0.3) is 0 Å². The number of hydrogen-bond donors (Lipinski definition) is 2. The Morgan fingerprint density at radius 3 is 2.75 bits per heavy atom. The summed E-state index contributed by atoms with van der Waals surface area (Å²) < 4.78 is 13.6. The molecule has 1 fully saturated rings. The SMILES string of the molecule is CNc1ncc(F)c(NC(C)C(=O)N2CCCCC2)n1. The van der Waals surface area contributed by atoms with E-state index in [1.807, 2.05) is 4.90 Å². The van der Waals surface area contributed by atoms with E-state index in [0.29, 0.717) is 5.95 Å². The molecule has 2 rings (SSSR count). The van der Waals surface area contributed by atoms with E-state index in [9.17, 15) is 9.18 Å². The molecule has 0 bridgehead atoms. The van der Waals surface area contributed by atoms with E-state index in [2.05, 4.69) is 20.6 Å². The van der Waals surface area contributed by atoms with Gasteiger partial charge in [-0.1, -0.05) is 0 Å². The zero-order valence-electron chi connectivity index (χ0n) is 11.8. The van der Waals surface area contributed by atoms with Crippen LogP contribution in [0.4, 0.5) is 16.2 Å². The molecule has 0 radical (unpaired) electrons. The summed E-state index contributed by atoms with van der Waals surface area (Å²) in [6, 6.07) is -0.512. The number of hydrogen-bond acceptors (Lipinski definition) is 5. The van der Waals surface area contributed by atoms with Gasteiger partial charge in [0.1, 0.15) is 6.04 Å². The lowest BCUT2D eigenvalue weighted by Crippen LogP contribution is -2.44. The van der Waals surface area contributed by atoms with Crippen molar-refractivity contribution in [1.82, 2.24) is 14.9 Å². The topological polar surface area (TPSA) is 70.2 Å². The molecule has 7 heteroatoms. The molecule has 0 spiro atoms. The Morgan fingerprint density at radius 2 is 2.10 bits per heavy atom. The average Bonchev–Trinajstić information content (AvgIpc) is 2.49. The van der Waals surface area contributed by atoms with Crippen LogP contribution in [0.1, 0.15) is 26.2 Å². The van der Waals surface area contributed by atoms with Gasteiger partial charge in [0.15, 0.2) is 11.6 Å². The molecule has 1 amide bonds. The van der Waals surface area contributed by atoms with Gasteiger partial charge in [0.05, 0.1) is 6.20 Å². The largest absolute Gasteiger partial charge is 0.357 e. The van der Waals surface area contributed by atoms with E-state index in [1.54, 1.807) is 14.0 Å². The fourth-order valence-electron chi connectivity index (χ4n) is 2.24. The van der Waals surface area contributed by atoms with E-state index in [-0.39, 0.29) is 11.7 Å². The van der Waals surface area contributed by atoms with Gasteiger partial charge in [0, 0.05) is 20.1 Å². The Bertz CT molecular complexity index is 476. The molecule has 2 N–H and O–H groups in total. The fourth-order valence-corrected chi connectivity index (χ4v) is 2.24. The zero-order valence-corrected chi connectivity index (χ0v) is 11.8. The van der Waals surface area contributed by atoms with Gasteiger partial charge in [-0.05, 0) is 26.2 Å². The minimum Gasteiger partial charge on any atom is -0.357 e. The van der Waals surface area contributed by atoms with Gasteiger partial charge in [-0.15, -0.1) is 0 Å². The van der Waals surface area contributed by atoms with Crippen LogP contribution in [0, 0.1) is 5.82 Å². The smallest absolute Gasteiger partial charge is 0.244 e. The van der Waals surface area contributed by atoms with Crippen LogP contribution in [0.5, 0.6) is 0 Å². The van der Waals surface area contributed by atoms with Crippen LogP contribution in [0.2, 0.25) is 0 Å². The fraction of sp³-hybridized carbons (Fsp3) is 0.615. The summed E-state index contributed by atoms with van der Waals surface area (Å²) in [6.07, 6.45) is 4.31. The van der Waals surface area contributed by atoms with Crippen molar-refractivity contribution in [2.75, 3.05) is 30.8 Å². The highest BCUT2D eigenvalue weighted by Gasteiger charge is 2.23. The first-order valence-electron chi connectivity index (χ1n) is 6.87. The van der Waals surface area contributed by atoms with Gasteiger partial charge >= 0.3 is 0 Å². The highest BCUT2D eigenvalue weighted by atomic mass is 19.1. The lowest BCUT2D eigenvalue weighted by atomic mass is 10.1. The molecule has 1 aliphatic heterocycles. The number of anilines is 2. The van der Waals surface area contributed by atoms with E-state index in [0.717, 1.165) is 38.5 Å². The number of rotatable bonds is 4. The summed E-state index contributed by atoms with van der Waals surface area (Å²) in [5, 5.41) is 5.56. The van der Waals surface area contributed by atoms with Crippen LogP contribution < -0.4 is 10.6 Å². The summed E-state index contributed by atoms with van der Waals surface area (Å²) in [6.45, 7) is 3.27. The minimum absolute atomic E-state index is 0.0197. The van der Waals surface area contributed by atoms with E-state index >= 15 is 0 Å². The van der Waals surface area contributed by atoms with E-state index < -0.39 is 11.9 Å². The summed E-state index contributed by atoms with van der Waals surface area (Å²) in [5.41, 5.74) is 0. The number of nitrogens with one attached hydrogen (secondary N) is 2. The van der Waals surface area contributed by atoms with Crippen LogP contribution in [-0.4, -0.2) is 47.0 Å². The molecule has 2 heterocycles. The predicted octanol–water partition coefficient (Wildman–Crippen LogP) is 1.47. The standard InChI is InChI=1S/C13H20FN5O/c1-9(12(20)19-6-4-3-5-7-19)17-11-10(14)8-16-13(15-2)18-11/h8-9H,3-7H2,1-2H3,(H2,15,16,17,18). The van der Waals surface area contributed by atoms with Gasteiger partial charge < -0.3 is 15.5 Å². The summed E-state index contributed by atoms with van der Waals surface area (Å²) in [7, 11) is 1.65. The Labute approximate surface area is 117 Å². The van der Waals surface area contributed by atoms with E-state index in [1.165, 1.54) is 0 Å². The highest BCUT2D eigenvalue weighted by molar-refractivity contribution is 5.84. The molecular weight excluding hydrogens is 261 g/mol. The number of nitrogens with zero attached hydrogens (tertiary/aromatic N) is 3. The maximum absolute atomic E-state index is 13.6. The summed E-state index contributed by atoms with van der Waals surface area (Å²) >= 11 is 0. The lowest BCUT2D eigenvalue weighted by molar-refractivity contribution is -0.132. The van der Waals surface area contributed by atoms with Crippen LogP contribution in [0.3, 0.4) is 0 Å². The monoisotopic (exact) mass is 281 g/mol. The Morgan fingerprint density at radius 1 is 1.40 bits per heavy atom. The second kappa shape index (κ2) is 6.49. The predicted molar refractivity (Wildman–Crippen MR) is 75.1 cm³/mol. The molecular formula is C13H20FN5O. The second-order valence-electron chi connectivity index (χ2n) is 4.89. The van der Waals surface area contributed by atoms with Gasteiger partial charge in [0.2, 0.25) is 11.9 Å². The number of carbonyl (C=O) groups is 1. The Balaban J connectivity index is 2.03. The Hall–Kier alpha value is -1.92. The van der Waals surface area contributed by atoms with Gasteiger partial charge in [-0.2, -0.15) is 4.98 Å². The van der Waals surface area contributed by atoms with Crippen molar-refractivity contribution in [3.63, 3.8) is 0 Å². The van der Waals surface area contributed by atoms with Crippen molar-refractivity contribution in [3.8, 4) is 0 Å². The summed E-state index contributed by atoms with van der Waals surface area (Å²) in [4.78, 5) is 21.8. The normalized spacial score (nSPS) is 16.6. The Kier molecular flexibility index (Phi) is 4.70. The molecule has 1 unspecified atom stereocenters. The first-order valence-corrected chi connectivity index (χ1v) is 6.87. The first-order chi connectivity index (χ1) is 9.61. The molecule has 0 aromatic carbocycles. The molecule has 1 saturated heterocycles. The van der Waals surface area contributed by atoms with Crippen molar-refractivity contribution >= 4 is 17.7 Å². The van der Waals surface area contributed by atoms with Crippen LogP contribution in [0.15, 0.2) is 6.20 Å². The summed E-state index contributed by atoms with van der Waals surface area (Å²) in [5.74, 6) is -0.232. The molecule has 1 aromatic heterocycles. The number of halogens is 1. The first kappa shape index (κ1) is 14.5. The van der Waals surface area contributed by atoms with Crippen molar-refractivity contribution in [2.24, 2.45) is 0 Å². The molecule has 0 aliphatic carbocycles. The number of amides is 1. The van der Waals surface area contributed by atoms with Crippen molar-refractivity contribution in [3.05, 3.63) is 12.0 Å². The molecule has 110 valence electrons. The van der Waals surface area contributed by atoms with Crippen LogP contribution in [-0.2, 0) is 4.79 Å². The van der Waals surface area contributed by atoms with E-state index in [4.69, 9.17) is 0 Å². The maximum Gasteiger partial charge on any atom is 0.244 e. The second-order valence-corrected chi connectivity index (χ2v) is 4.89. The number of carbonyl (C=O) groups excluding carboxylic acids is 1. The quantitative estimate of drug-likeness (QED) is 0.874. The highest BCUT2D eigenvalue weighted by Crippen LogP contribution is 2.15. The van der Waals surface area contributed by atoms with Gasteiger partial charge in [-0.25, -0.2) is 9.37 Å². The zero-order chi connectivity index (χ0) is 14.5. The molecule has 20 heavy (non-hydrogen) atoms. The lowest BCUT2D eigenvalue weighted by Gasteiger charge is -2.29. The third kappa shape index (κ3) is 3.34. The van der Waals surface area contributed by atoms with Crippen molar-refractivity contribution in [2.45, 2.75) is 32.2 Å². The van der Waals surface area contributed by atoms with Gasteiger partial charge in [0.25, 0.3) is 0 Å². The number of likely N-dealkylation sites (tertiary alicyclic amines) is 1. The average molecular weight is 281 g/mol.